The average Bonchev–Trinajstić information content (AvgIpc) is 2.99. The van der Waals surface area contributed by atoms with Crippen molar-refractivity contribution in [2.75, 3.05) is 5.32 Å². The van der Waals surface area contributed by atoms with Crippen LogP contribution in [0.3, 0.4) is 0 Å². The topological polar surface area (TPSA) is 42.0 Å². The van der Waals surface area contributed by atoms with Crippen LogP contribution in [0.4, 0.5) is 5.13 Å². The number of amides is 1. The molecule has 0 unspecified atom stereocenters. The molecule has 1 aromatic heterocycles. The highest BCUT2D eigenvalue weighted by atomic mass is 32.1. The van der Waals surface area contributed by atoms with Gasteiger partial charge in [-0.05, 0) is 23.9 Å². The van der Waals surface area contributed by atoms with Gasteiger partial charge in [-0.15, -0.1) is 0 Å². The lowest BCUT2D eigenvalue weighted by molar-refractivity contribution is -0.115. The van der Waals surface area contributed by atoms with Crippen LogP contribution in [0.15, 0.2) is 60.7 Å². The Labute approximate surface area is 144 Å². The number of nitrogens with one attached hydrogen (secondary N) is 1. The van der Waals surface area contributed by atoms with Crippen LogP contribution in [0.25, 0.3) is 21.0 Å². The highest BCUT2D eigenvalue weighted by Gasteiger charge is 2.10. The van der Waals surface area contributed by atoms with Crippen LogP contribution in [-0.4, -0.2) is 10.9 Å². The Morgan fingerprint density at radius 3 is 2.67 bits per heavy atom. The number of aromatic nitrogens is 1. The lowest BCUT2D eigenvalue weighted by atomic mass is 10.1. The summed E-state index contributed by atoms with van der Waals surface area (Å²) in [6, 6.07) is 20.3. The molecule has 4 aromatic rings. The van der Waals surface area contributed by atoms with Crippen molar-refractivity contribution in [2.45, 2.75) is 13.3 Å². The molecule has 0 radical (unpaired) electrons. The molecule has 1 amide bonds. The lowest BCUT2D eigenvalue weighted by Gasteiger charge is -2.02. The third-order valence-corrected chi connectivity index (χ3v) is 5.03. The van der Waals surface area contributed by atoms with Crippen molar-refractivity contribution in [3.8, 4) is 0 Å². The van der Waals surface area contributed by atoms with Crippen molar-refractivity contribution in [1.29, 1.82) is 0 Å². The number of hydrogen-bond acceptors (Lipinski definition) is 3. The summed E-state index contributed by atoms with van der Waals surface area (Å²) in [5.41, 5.74) is 3.12. The van der Waals surface area contributed by atoms with E-state index in [4.69, 9.17) is 0 Å². The van der Waals surface area contributed by atoms with Gasteiger partial charge < -0.3 is 5.32 Å². The fourth-order valence-corrected chi connectivity index (χ4v) is 3.78. The number of hydrogen-bond donors (Lipinski definition) is 1. The predicted molar refractivity (Wildman–Crippen MR) is 101 cm³/mol. The zero-order valence-electron chi connectivity index (χ0n) is 13.2. The van der Waals surface area contributed by atoms with Gasteiger partial charge in [0.15, 0.2) is 5.13 Å². The first kappa shape index (κ1) is 14.8. The molecule has 3 nitrogen and oxygen atoms in total. The van der Waals surface area contributed by atoms with Crippen molar-refractivity contribution < 1.29 is 4.79 Å². The number of benzene rings is 3. The zero-order valence-corrected chi connectivity index (χ0v) is 14.1. The molecule has 0 aliphatic rings. The summed E-state index contributed by atoms with van der Waals surface area (Å²) >= 11 is 1.53. The van der Waals surface area contributed by atoms with Gasteiger partial charge >= 0.3 is 0 Å². The van der Waals surface area contributed by atoms with E-state index in [9.17, 15) is 4.79 Å². The minimum Gasteiger partial charge on any atom is -0.302 e. The Morgan fingerprint density at radius 2 is 1.83 bits per heavy atom. The van der Waals surface area contributed by atoms with Crippen LogP contribution in [0, 0.1) is 6.92 Å². The maximum Gasteiger partial charge on any atom is 0.230 e. The molecule has 0 aliphatic heterocycles. The fourth-order valence-electron chi connectivity index (χ4n) is 2.76. The number of carbonyl (C=O) groups is 1. The van der Waals surface area contributed by atoms with E-state index in [-0.39, 0.29) is 5.91 Å². The summed E-state index contributed by atoms with van der Waals surface area (Å²) in [5, 5.41) is 5.94. The molecule has 0 aliphatic carbocycles. The van der Waals surface area contributed by atoms with Gasteiger partial charge in [0.1, 0.15) is 0 Å². The van der Waals surface area contributed by atoms with Crippen molar-refractivity contribution >= 4 is 43.4 Å². The Hall–Kier alpha value is -2.72. The van der Waals surface area contributed by atoms with E-state index in [0.29, 0.717) is 11.6 Å². The second kappa shape index (κ2) is 6.06. The average molecular weight is 332 g/mol. The monoisotopic (exact) mass is 332 g/mol. The highest BCUT2D eigenvalue weighted by molar-refractivity contribution is 7.23. The second-order valence-electron chi connectivity index (χ2n) is 5.86. The van der Waals surface area contributed by atoms with Crippen LogP contribution < -0.4 is 5.32 Å². The van der Waals surface area contributed by atoms with Gasteiger partial charge in [0, 0.05) is 5.39 Å². The molecule has 0 bridgehead atoms. The molecular weight excluding hydrogens is 316 g/mol. The van der Waals surface area contributed by atoms with Gasteiger partial charge in [-0.25, -0.2) is 4.98 Å². The minimum atomic E-state index is -0.0396. The molecular formula is C20H16N2OS. The fraction of sp³-hybridized carbons (Fsp3) is 0.100. The van der Waals surface area contributed by atoms with Crippen molar-refractivity contribution in [1.82, 2.24) is 4.98 Å². The van der Waals surface area contributed by atoms with E-state index in [1.54, 1.807) is 0 Å². The van der Waals surface area contributed by atoms with Crippen LogP contribution in [0.2, 0.25) is 0 Å². The maximum absolute atomic E-state index is 12.3. The number of rotatable bonds is 3. The van der Waals surface area contributed by atoms with Crippen molar-refractivity contribution in [3.05, 3.63) is 71.8 Å². The predicted octanol–water partition coefficient (Wildman–Crippen LogP) is 4.94. The first-order valence-electron chi connectivity index (χ1n) is 7.83. The molecule has 0 fully saturated rings. The lowest BCUT2D eigenvalue weighted by Crippen LogP contribution is -2.14. The Kier molecular flexibility index (Phi) is 3.75. The van der Waals surface area contributed by atoms with Crippen LogP contribution in [0.5, 0.6) is 0 Å². The van der Waals surface area contributed by atoms with Gasteiger partial charge in [0.2, 0.25) is 5.91 Å². The molecule has 0 spiro atoms. The molecule has 4 rings (SSSR count). The van der Waals surface area contributed by atoms with Gasteiger partial charge in [-0.1, -0.05) is 71.5 Å². The SMILES string of the molecule is Cc1ccc(CC(=O)Nc2nc3ccc4ccccc4c3s2)cc1. The Bertz CT molecular complexity index is 1030. The largest absolute Gasteiger partial charge is 0.302 e. The molecule has 0 atom stereocenters. The van der Waals surface area contributed by atoms with Crippen molar-refractivity contribution in [2.24, 2.45) is 0 Å². The first-order chi connectivity index (χ1) is 11.7. The summed E-state index contributed by atoms with van der Waals surface area (Å²) in [4.78, 5) is 16.8. The number of nitrogens with zero attached hydrogens (tertiary/aromatic N) is 1. The van der Waals surface area contributed by atoms with E-state index in [2.05, 4.69) is 28.5 Å². The minimum absolute atomic E-state index is 0.0396. The molecule has 0 saturated heterocycles. The van der Waals surface area contributed by atoms with Gasteiger partial charge in [0.05, 0.1) is 16.6 Å². The van der Waals surface area contributed by atoms with Crippen LogP contribution in [0.1, 0.15) is 11.1 Å². The molecule has 3 aromatic carbocycles. The molecule has 4 heteroatoms. The summed E-state index contributed by atoms with van der Waals surface area (Å²) in [5.74, 6) is -0.0396. The van der Waals surface area contributed by atoms with E-state index < -0.39 is 0 Å². The molecule has 1 heterocycles. The number of carbonyl (C=O) groups excluding carboxylic acids is 1. The van der Waals surface area contributed by atoms with E-state index >= 15 is 0 Å². The summed E-state index contributed by atoms with van der Waals surface area (Å²) in [6.45, 7) is 2.04. The van der Waals surface area contributed by atoms with Crippen molar-refractivity contribution in [3.63, 3.8) is 0 Å². The summed E-state index contributed by atoms with van der Waals surface area (Å²) < 4.78 is 1.11. The number of anilines is 1. The normalized spacial score (nSPS) is 11.0. The maximum atomic E-state index is 12.3. The van der Waals surface area contributed by atoms with E-state index in [1.165, 1.54) is 27.7 Å². The zero-order chi connectivity index (χ0) is 16.5. The third kappa shape index (κ3) is 2.88. The highest BCUT2D eigenvalue weighted by Crippen LogP contribution is 2.32. The van der Waals surface area contributed by atoms with Gasteiger partial charge in [-0.3, -0.25) is 4.79 Å². The third-order valence-electron chi connectivity index (χ3n) is 4.01. The van der Waals surface area contributed by atoms with E-state index in [1.807, 2.05) is 49.4 Å². The second-order valence-corrected chi connectivity index (χ2v) is 6.86. The van der Waals surface area contributed by atoms with Crippen LogP contribution in [-0.2, 0) is 11.2 Å². The Balaban J connectivity index is 1.59. The molecule has 118 valence electrons. The Morgan fingerprint density at radius 1 is 1.04 bits per heavy atom. The number of aryl methyl sites for hydroxylation is 1. The molecule has 0 saturated carbocycles. The smallest absolute Gasteiger partial charge is 0.230 e. The molecule has 1 N–H and O–H groups in total. The van der Waals surface area contributed by atoms with E-state index in [0.717, 1.165) is 15.8 Å². The quantitative estimate of drug-likeness (QED) is 0.577. The van der Waals surface area contributed by atoms with Crippen LogP contribution >= 0.6 is 11.3 Å². The molecule has 24 heavy (non-hydrogen) atoms. The number of thiazole rings is 1. The number of fused-ring (bicyclic) bond motifs is 3. The van der Waals surface area contributed by atoms with Gasteiger partial charge in [0.25, 0.3) is 0 Å². The summed E-state index contributed by atoms with van der Waals surface area (Å²) in [6.07, 6.45) is 0.358. The standard InChI is InChI=1S/C20H16N2OS/c1-13-6-8-14(9-7-13)12-18(23)22-20-21-17-11-10-15-4-2-3-5-16(15)19(17)24-20/h2-11H,12H2,1H3,(H,21,22,23). The van der Waals surface area contributed by atoms with Gasteiger partial charge in [-0.2, -0.15) is 0 Å². The summed E-state index contributed by atoms with van der Waals surface area (Å²) in [7, 11) is 0. The first-order valence-corrected chi connectivity index (χ1v) is 8.64.